The van der Waals surface area contributed by atoms with Gasteiger partial charge in [-0.05, 0) is 49.4 Å². The Morgan fingerprint density at radius 3 is 2.82 bits per heavy atom. The van der Waals surface area contributed by atoms with Gasteiger partial charge in [0.2, 0.25) is 6.79 Å². The number of aliphatic hydroxyl groups excluding tert-OH is 1. The zero-order chi connectivity index (χ0) is 19.7. The third kappa shape index (κ3) is 3.53. The van der Waals surface area contributed by atoms with Gasteiger partial charge in [0.25, 0.3) is 5.91 Å². The van der Waals surface area contributed by atoms with E-state index in [1.165, 1.54) is 6.92 Å². The molecule has 1 aliphatic heterocycles. The average molecular weight is 383 g/mol. The lowest BCUT2D eigenvalue weighted by Gasteiger charge is -2.23. The Bertz CT molecular complexity index is 939. The topological polar surface area (TPSA) is 94.1 Å². The Morgan fingerprint density at radius 2 is 2.04 bits per heavy atom. The minimum atomic E-state index is -0.493. The number of Topliss-reactive ketones (excluding diaryl/α,β-unsaturated/α-hetero) is 1. The first-order chi connectivity index (χ1) is 13.5. The fourth-order valence-electron chi connectivity index (χ4n) is 3.59. The molecule has 146 valence electrons. The molecular formula is C21H21NO6. The van der Waals surface area contributed by atoms with E-state index in [2.05, 4.69) is 5.32 Å². The normalized spacial score (nSPS) is 17.0. The van der Waals surface area contributed by atoms with Crippen molar-refractivity contribution in [3.05, 3.63) is 47.0 Å². The van der Waals surface area contributed by atoms with Gasteiger partial charge in [0.1, 0.15) is 5.75 Å². The number of hydrogen-bond donors (Lipinski definition) is 2. The van der Waals surface area contributed by atoms with Gasteiger partial charge in [0.15, 0.2) is 23.9 Å². The van der Waals surface area contributed by atoms with E-state index >= 15 is 0 Å². The summed E-state index contributed by atoms with van der Waals surface area (Å²) in [7, 11) is 0. The molecule has 0 saturated heterocycles. The molecule has 4 rings (SSSR count). The fraction of sp³-hybridized carbons (Fsp3) is 0.333. The summed E-state index contributed by atoms with van der Waals surface area (Å²) in [4.78, 5) is 24.3. The summed E-state index contributed by atoms with van der Waals surface area (Å²) in [6, 6.07) is 8.64. The van der Waals surface area contributed by atoms with Crippen LogP contribution in [0.1, 0.15) is 47.4 Å². The third-order valence-electron chi connectivity index (χ3n) is 4.96. The summed E-state index contributed by atoms with van der Waals surface area (Å²) in [5.74, 6) is 0.973. The van der Waals surface area contributed by atoms with Crippen LogP contribution < -0.4 is 19.5 Å². The predicted octanol–water partition coefficient (Wildman–Crippen LogP) is 3.01. The van der Waals surface area contributed by atoms with Gasteiger partial charge in [0.05, 0.1) is 11.8 Å². The molecule has 2 aliphatic rings. The van der Waals surface area contributed by atoms with E-state index < -0.39 is 12.0 Å². The van der Waals surface area contributed by atoms with Gasteiger partial charge in [0, 0.05) is 11.6 Å². The zero-order valence-corrected chi connectivity index (χ0v) is 15.5. The second-order valence-electron chi connectivity index (χ2n) is 6.88. The maximum Gasteiger partial charge on any atom is 0.262 e. The predicted molar refractivity (Wildman–Crippen MR) is 101 cm³/mol. The molecule has 0 radical (unpaired) electrons. The summed E-state index contributed by atoms with van der Waals surface area (Å²) < 4.78 is 16.3. The molecule has 1 amide bonds. The number of hydrogen-bond acceptors (Lipinski definition) is 6. The van der Waals surface area contributed by atoms with Crippen LogP contribution in [0.2, 0.25) is 0 Å². The molecule has 2 aromatic rings. The summed E-state index contributed by atoms with van der Waals surface area (Å²) in [6.45, 7) is 1.29. The van der Waals surface area contributed by atoms with Crippen LogP contribution in [-0.4, -0.2) is 30.2 Å². The van der Waals surface area contributed by atoms with E-state index in [0.29, 0.717) is 28.5 Å². The van der Waals surface area contributed by atoms with Crippen LogP contribution in [0.25, 0.3) is 0 Å². The molecule has 0 saturated carbocycles. The van der Waals surface area contributed by atoms with Crippen molar-refractivity contribution in [3.8, 4) is 17.2 Å². The molecule has 0 bridgehead atoms. The average Bonchev–Trinajstić information content (AvgIpc) is 3.13. The Kier molecular flexibility index (Phi) is 4.92. The van der Waals surface area contributed by atoms with Crippen molar-refractivity contribution in [2.75, 3.05) is 18.7 Å². The smallest absolute Gasteiger partial charge is 0.262 e. The number of ketones is 1. The van der Waals surface area contributed by atoms with Crippen LogP contribution in [-0.2, 0) is 11.2 Å². The Balaban J connectivity index is 1.48. The Labute approximate surface area is 162 Å². The third-order valence-corrected chi connectivity index (χ3v) is 4.96. The van der Waals surface area contributed by atoms with E-state index in [1.54, 1.807) is 18.2 Å². The van der Waals surface area contributed by atoms with Gasteiger partial charge in [-0.25, -0.2) is 0 Å². The molecule has 2 aromatic carbocycles. The lowest BCUT2D eigenvalue weighted by Crippen LogP contribution is -2.22. The van der Waals surface area contributed by atoms with E-state index in [1.807, 2.05) is 12.1 Å². The summed E-state index contributed by atoms with van der Waals surface area (Å²) >= 11 is 0. The highest BCUT2D eigenvalue weighted by Crippen LogP contribution is 2.37. The van der Waals surface area contributed by atoms with Crippen LogP contribution in [0.3, 0.4) is 0 Å². The first-order valence-electron chi connectivity index (χ1n) is 9.20. The first-order valence-corrected chi connectivity index (χ1v) is 9.20. The van der Waals surface area contributed by atoms with Gasteiger partial charge in [-0.2, -0.15) is 0 Å². The number of anilines is 1. The van der Waals surface area contributed by atoms with Gasteiger partial charge >= 0.3 is 0 Å². The molecule has 0 spiro atoms. The molecule has 2 N–H and O–H groups in total. The van der Waals surface area contributed by atoms with Crippen molar-refractivity contribution < 1.29 is 28.9 Å². The van der Waals surface area contributed by atoms with Crippen molar-refractivity contribution in [3.63, 3.8) is 0 Å². The highest BCUT2D eigenvalue weighted by atomic mass is 16.7. The summed E-state index contributed by atoms with van der Waals surface area (Å²) in [5, 5.41) is 12.8. The first kappa shape index (κ1) is 18.3. The number of rotatable bonds is 5. The van der Waals surface area contributed by atoms with Gasteiger partial charge < -0.3 is 24.6 Å². The van der Waals surface area contributed by atoms with Crippen molar-refractivity contribution in [2.24, 2.45) is 0 Å². The SMILES string of the molecule is CC(=O)c1cc2c(cc1NC(=O)COc1cccc3c1CCCC3O)OCO2. The van der Waals surface area contributed by atoms with Crippen molar-refractivity contribution in [1.82, 2.24) is 0 Å². The largest absolute Gasteiger partial charge is 0.483 e. The Hall–Kier alpha value is -3.06. The Morgan fingerprint density at radius 1 is 1.25 bits per heavy atom. The van der Waals surface area contributed by atoms with Gasteiger partial charge in [-0.3, -0.25) is 9.59 Å². The number of carbonyl (C=O) groups excluding carboxylic acids is 2. The number of nitrogens with one attached hydrogen (secondary N) is 1. The number of carbonyl (C=O) groups is 2. The van der Waals surface area contributed by atoms with Crippen LogP contribution in [0.5, 0.6) is 17.2 Å². The van der Waals surface area contributed by atoms with Crippen molar-refractivity contribution in [1.29, 1.82) is 0 Å². The molecule has 7 nitrogen and oxygen atoms in total. The quantitative estimate of drug-likeness (QED) is 0.771. The molecule has 28 heavy (non-hydrogen) atoms. The van der Waals surface area contributed by atoms with E-state index in [9.17, 15) is 14.7 Å². The number of ether oxygens (including phenoxy) is 3. The van der Waals surface area contributed by atoms with Gasteiger partial charge in [-0.15, -0.1) is 0 Å². The van der Waals surface area contributed by atoms with Crippen molar-refractivity contribution >= 4 is 17.4 Å². The van der Waals surface area contributed by atoms with E-state index in [-0.39, 0.29) is 19.2 Å². The standard InChI is InChI=1S/C21H21NO6/c1-12(23)15-8-19-20(28-11-27-19)9-16(15)22-21(25)10-26-18-7-3-4-13-14(18)5-2-6-17(13)24/h3-4,7-9,17,24H,2,5-6,10-11H2,1H3,(H,22,25). The van der Waals surface area contributed by atoms with Crippen LogP contribution in [0, 0.1) is 0 Å². The zero-order valence-electron chi connectivity index (χ0n) is 15.5. The minimum Gasteiger partial charge on any atom is -0.483 e. The maximum atomic E-state index is 12.4. The summed E-state index contributed by atoms with van der Waals surface area (Å²) in [5.41, 5.74) is 2.51. The van der Waals surface area contributed by atoms with E-state index in [4.69, 9.17) is 14.2 Å². The molecule has 7 heteroatoms. The second kappa shape index (κ2) is 7.52. The second-order valence-corrected chi connectivity index (χ2v) is 6.88. The fourth-order valence-corrected chi connectivity index (χ4v) is 3.59. The monoisotopic (exact) mass is 383 g/mol. The minimum absolute atomic E-state index is 0.0815. The molecule has 1 unspecified atom stereocenters. The summed E-state index contributed by atoms with van der Waals surface area (Å²) in [6.07, 6.45) is 1.92. The van der Waals surface area contributed by atoms with Crippen LogP contribution in [0.15, 0.2) is 30.3 Å². The van der Waals surface area contributed by atoms with Crippen molar-refractivity contribution in [2.45, 2.75) is 32.3 Å². The molecule has 1 atom stereocenters. The number of aliphatic hydroxyl groups is 1. The van der Waals surface area contributed by atoms with Gasteiger partial charge in [-0.1, -0.05) is 12.1 Å². The molecule has 0 aromatic heterocycles. The van der Waals surface area contributed by atoms with Crippen LogP contribution in [0.4, 0.5) is 5.69 Å². The number of benzene rings is 2. The molecule has 0 fully saturated rings. The highest BCUT2D eigenvalue weighted by Gasteiger charge is 2.22. The maximum absolute atomic E-state index is 12.4. The highest BCUT2D eigenvalue weighted by molar-refractivity contribution is 6.04. The number of fused-ring (bicyclic) bond motifs is 2. The lowest BCUT2D eigenvalue weighted by molar-refractivity contribution is -0.118. The molecule has 1 aliphatic carbocycles. The van der Waals surface area contributed by atoms with E-state index in [0.717, 1.165) is 30.4 Å². The lowest BCUT2D eigenvalue weighted by atomic mass is 9.89. The molecule has 1 heterocycles. The van der Waals surface area contributed by atoms with Crippen LogP contribution >= 0.6 is 0 Å². The number of amides is 1. The molecular weight excluding hydrogens is 362 g/mol.